The van der Waals surface area contributed by atoms with Gasteiger partial charge in [-0.3, -0.25) is 9.59 Å². The SMILES string of the molecule is C=CC(=O)N[C@H]1CCN(c2ccc(C(N)=O)c3[nH]cc(C#Cc4cc(OC)cc(OC)c4)c23)C1. The van der Waals surface area contributed by atoms with Crippen molar-refractivity contribution < 1.29 is 19.1 Å². The number of rotatable bonds is 6. The van der Waals surface area contributed by atoms with Crippen molar-refractivity contribution in [2.75, 3.05) is 32.2 Å². The van der Waals surface area contributed by atoms with Gasteiger partial charge < -0.3 is 30.4 Å². The van der Waals surface area contributed by atoms with Crippen molar-refractivity contribution in [3.05, 3.63) is 65.9 Å². The number of aromatic nitrogens is 1. The summed E-state index contributed by atoms with van der Waals surface area (Å²) in [5.74, 6) is 6.95. The third-order valence-electron chi connectivity index (χ3n) is 5.83. The zero-order chi connectivity index (χ0) is 24.2. The van der Waals surface area contributed by atoms with E-state index in [-0.39, 0.29) is 11.9 Å². The number of primary amides is 1. The molecule has 0 saturated carbocycles. The van der Waals surface area contributed by atoms with Crippen molar-refractivity contribution in [3.8, 4) is 23.3 Å². The molecule has 2 amide bonds. The number of nitrogens with zero attached hydrogens (tertiary/aromatic N) is 1. The van der Waals surface area contributed by atoms with Crippen LogP contribution < -0.4 is 25.4 Å². The lowest BCUT2D eigenvalue weighted by molar-refractivity contribution is -0.117. The summed E-state index contributed by atoms with van der Waals surface area (Å²) in [5.41, 5.74) is 9.03. The standard InChI is InChI=1S/C26H26N4O4/c1-4-23(31)29-18-9-10-30(15-18)22-8-7-21(26(27)32)25-24(22)17(14-28-25)6-5-16-11-19(33-2)13-20(12-16)34-3/h4,7-8,11-14,18,28H,1,9-10,15H2,2-3H3,(H2,27,32)(H,29,31)/t18-/m0/s1. The quantitative estimate of drug-likeness (QED) is 0.389. The summed E-state index contributed by atoms with van der Waals surface area (Å²) in [5, 5.41) is 3.76. The Morgan fingerprint density at radius 2 is 1.94 bits per heavy atom. The largest absolute Gasteiger partial charge is 0.497 e. The normalized spacial score (nSPS) is 14.9. The van der Waals surface area contributed by atoms with Crippen molar-refractivity contribution in [3.63, 3.8) is 0 Å². The van der Waals surface area contributed by atoms with E-state index in [1.54, 1.807) is 32.5 Å². The predicted octanol–water partition coefficient (Wildman–Crippen LogP) is 2.56. The molecular formula is C26H26N4O4. The molecule has 1 aromatic heterocycles. The van der Waals surface area contributed by atoms with Crippen LogP contribution in [0.4, 0.5) is 5.69 Å². The Bertz CT molecular complexity index is 1310. The molecule has 1 aliphatic rings. The fraction of sp³-hybridized carbons (Fsp3) is 0.231. The highest BCUT2D eigenvalue weighted by molar-refractivity contribution is 6.10. The van der Waals surface area contributed by atoms with Crippen LogP contribution in [0, 0.1) is 11.8 Å². The van der Waals surface area contributed by atoms with Gasteiger partial charge in [0.25, 0.3) is 5.91 Å². The number of carbonyl (C=O) groups excluding carboxylic acids is 2. The highest BCUT2D eigenvalue weighted by Crippen LogP contribution is 2.34. The minimum Gasteiger partial charge on any atom is -0.497 e. The smallest absolute Gasteiger partial charge is 0.250 e. The summed E-state index contributed by atoms with van der Waals surface area (Å²) in [6.45, 7) is 4.90. The Morgan fingerprint density at radius 1 is 1.21 bits per heavy atom. The van der Waals surface area contributed by atoms with E-state index in [0.29, 0.717) is 29.1 Å². The summed E-state index contributed by atoms with van der Waals surface area (Å²) in [6.07, 6.45) is 3.85. The highest BCUT2D eigenvalue weighted by Gasteiger charge is 2.26. The van der Waals surface area contributed by atoms with Gasteiger partial charge >= 0.3 is 0 Å². The molecule has 1 atom stereocenters. The zero-order valence-electron chi connectivity index (χ0n) is 19.1. The number of anilines is 1. The van der Waals surface area contributed by atoms with E-state index in [0.717, 1.165) is 35.2 Å². The number of benzene rings is 2. The fourth-order valence-electron chi connectivity index (χ4n) is 4.17. The molecule has 0 aliphatic carbocycles. The zero-order valence-corrected chi connectivity index (χ0v) is 19.1. The number of aromatic amines is 1. The van der Waals surface area contributed by atoms with Gasteiger partial charge in [-0.1, -0.05) is 18.4 Å². The second kappa shape index (κ2) is 9.63. The lowest BCUT2D eigenvalue weighted by Crippen LogP contribution is -2.36. The molecule has 8 heteroatoms. The molecule has 0 bridgehead atoms. The fourth-order valence-corrected chi connectivity index (χ4v) is 4.17. The molecule has 1 aliphatic heterocycles. The molecule has 1 saturated heterocycles. The van der Waals surface area contributed by atoms with Gasteiger partial charge in [0, 0.05) is 48.0 Å². The molecule has 4 rings (SSSR count). The first-order valence-corrected chi connectivity index (χ1v) is 10.8. The lowest BCUT2D eigenvalue weighted by Gasteiger charge is -2.21. The minimum atomic E-state index is -0.520. The average molecular weight is 459 g/mol. The number of fused-ring (bicyclic) bond motifs is 1. The van der Waals surface area contributed by atoms with Crippen LogP contribution in [0.5, 0.6) is 11.5 Å². The van der Waals surface area contributed by atoms with Gasteiger partial charge in [-0.05, 0) is 36.8 Å². The maximum Gasteiger partial charge on any atom is 0.250 e. The van der Waals surface area contributed by atoms with E-state index < -0.39 is 5.91 Å². The third-order valence-corrected chi connectivity index (χ3v) is 5.83. The molecule has 174 valence electrons. The van der Waals surface area contributed by atoms with Gasteiger partial charge in [0.1, 0.15) is 11.5 Å². The van der Waals surface area contributed by atoms with Crippen LogP contribution >= 0.6 is 0 Å². The van der Waals surface area contributed by atoms with E-state index >= 15 is 0 Å². The van der Waals surface area contributed by atoms with Gasteiger partial charge in [0.2, 0.25) is 5.91 Å². The number of nitrogens with two attached hydrogens (primary N) is 1. The maximum absolute atomic E-state index is 12.1. The lowest BCUT2D eigenvalue weighted by atomic mass is 10.0. The Morgan fingerprint density at radius 3 is 2.59 bits per heavy atom. The van der Waals surface area contributed by atoms with E-state index in [1.807, 2.05) is 18.2 Å². The molecule has 0 radical (unpaired) electrons. The molecule has 2 heterocycles. The predicted molar refractivity (Wildman–Crippen MR) is 131 cm³/mol. The summed E-state index contributed by atoms with van der Waals surface area (Å²) in [6, 6.07) is 9.04. The first-order chi connectivity index (χ1) is 16.4. The van der Waals surface area contributed by atoms with Crippen LogP contribution in [0.15, 0.2) is 49.2 Å². The van der Waals surface area contributed by atoms with Crippen LogP contribution in [0.2, 0.25) is 0 Å². The topological polar surface area (TPSA) is 110 Å². The molecule has 2 aromatic carbocycles. The number of H-pyrrole nitrogens is 1. The molecule has 0 spiro atoms. The number of hydrogen-bond acceptors (Lipinski definition) is 5. The molecule has 8 nitrogen and oxygen atoms in total. The molecule has 0 unspecified atom stereocenters. The number of methoxy groups -OCH3 is 2. The number of nitrogens with one attached hydrogen (secondary N) is 2. The number of carbonyl (C=O) groups is 2. The van der Waals surface area contributed by atoms with E-state index in [4.69, 9.17) is 15.2 Å². The summed E-state index contributed by atoms with van der Waals surface area (Å²) in [7, 11) is 3.17. The molecule has 34 heavy (non-hydrogen) atoms. The van der Waals surface area contributed by atoms with Gasteiger partial charge in [0.15, 0.2) is 0 Å². The van der Waals surface area contributed by atoms with Crippen molar-refractivity contribution in [2.45, 2.75) is 12.5 Å². The van der Waals surface area contributed by atoms with Crippen molar-refractivity contribution in [2.24, 2.45) is 5.73 Å². The van der Waals surface area contributed by atoms with Gasteiger partial charge in [-0.25, -0.2) is 0 Å². The summed E-state index contributed by atoms with van der Waals surface area (Å²) >= 11 is 0. The Hall–Kier alpha value is -4.38. The van der Waals surface area contributed by atoms with Gasteiger partial charge in [0.05, 0.1) is 30.9 Å². The van der Waals surface area contributed by atoms with E-state index in [2.05, 4.69) is 33.6 Å². The van der Waals surface area contributed by atoms with Gasteiger partial charge in [-0.15, -0.1) is 0 Å². The van der Waals surface area contributed by atoms with Crippen molar-refractivity contribution >= 4 is 28.4 Å². The van der Waals surface area contributed by atoms with Crippen LogP contribution in [0.25, 0.3) is 10.9 Å². The average Bonchev–Trinajstić information content (AvgIpc) is 3.49. The van der Waals surface area contributed by atoms with Crippen LogP contribution in [-0.4, -0.2) is 50.1 Å². The monoisotopic (exact) mass is 458 g/mol. The Kier molecular flexibility index (Phi) is 6.46. The van der Waals surface area contributed by atoms with Crippen LogP contribution in [0.1, 0.15) is 27.9 Å². The second-order valence-corrected chi connectivity index (χ2v) is 7.94. The molecule has 1 fully saturated rings. The number of hydrogen-bond donors (Lipinski definition) is 3. The first-order valence-electron chi connectivity index (χ1n) is 10.8. The Balaban J connectivity index is 1.76. The molecule has 4 N–H and O–H groups in total. The molecule has 3 aromatic rings. The molecular weight excluding hydrogens is 432 g/mol. The van der Waals surface area contributed by atoms with E-state index in [1.165, 1.54) is 6.08 Å². The summed E-state index contributed by atoms with van der Waals surface area (Å²) < 4.78 is 10.7. The van der Waals surface area contributed by atoms with E-state index in [9.17, 15) is 9.59 Å². The minimum absolute atomic E-state index is 0.00842. The van der Waals surface area contributed by atoms with Crippen molar-refractivity contribution in [1.82, 2.24) is 10.3 Å². The van der Waals surface area contributed by atoms with Crippen molar-refractivity contribution in [1.29, 1.82) is 0 Å². The third kappa shape index (κ3) is 4.55. The van der Waals surface area contributed by atoms with Crippen LogP contribution in [-0.2, 0) is 4.79 Å². The van der Waals surface area contributed by atoms with Gasteiger partial charge in [-0.2, -0.15) is 0 Å². The van der Waals surface area contributed by atoms with Crippen LogP contribution in [0.3, 0.4) is 0 Å². The maximum atomic E-state index is 12.1. The summed E-state index contributed by atoms with van der Waals surface area (Å²) in [4.78, 5) is 29.1. The first kappa shape index (κ1) is 22.8. The number of ether oxygens (including phenoxy) is 2. The highest BCUT2D eigenvalue weighted by atomic mass is 16.5. The second-order valence-electron chi connectivity index (χ2n) is 7.94. The Labute approximate surface area is 197 Å². The number of amides is 2.